The largest absolute Gasteiger partial charge is 0.497 e. The summed E-state index contributed by atoms with van der Waals surface area (Å²) in [5.41, 5.74) is 2.40. The van der Waals surface area contributed by atoms with E-state index in [0.29, 0.717) is 5.56 Å². The summed E-state index contributed by atoms with van der Waals surface area (Å²) in [6, 6.07) is 11.3. The summed E-state index contributed by atoms with van der Waals surface area (Å²) in [6.45, 7) is 1.91. The number of benzene rings is 2. The number of methoxy groups -OCH3 is 1. The quantitative estimate of drug-likeness (QED) is 0.901. The standard InChI is InChI=1S/C15H15FO2/c1-10-9-13(18-2)7-8-14(10)15(17)11-3-5-12(16)6-4-11/h3-9,15,17H,1-2H3. The molecule has 0 aromatic heterocycles. The van der Waals surface area contributed by atoms with Gasteiger partial charge < -0.3 is 9.84 Å². The molecule has 1 atom stereocenters. The summed E-state index contributed by atoms with van der Waals surface area (Å²) in [5.74, 6) is 0.444. The second kappa shape index (κ2) is 5.19. The van der Waals surface area contributed by atoms with E-state index in [1.54, 1.807) is 25.3 Å². The highest BCUT2D eigenvalue weighted by Gasteiger charge is 2.13. The number of rotatable bonds is 3. The van der Waals surface area contributed by atoms with Crippen molar-refractivity contribution in [2.75, 3.05) is 7.11 Å². The summed E-state index contributed by atoms with van der Waals surface area (Å²) >= 11 is 0. The van der Waals surface area contributed by atoms with Crippen molar-refractivity contribution in [1.82, 2.24) is 0 Å². The third kappa shape index (κ3) is 2.51. The molecule has 0 amide bonds. The second-order valence-electron chi connectivity index (χ2n) is 4.18. The first-order valence-electron chi connectivity index (χ1n) is 5.70. The Morgan fingerprint density at radius 3 is 2.33 bits per heavy atom. The molecule has 0 aliphatic heterocycles. The molecule has 0 aliphatic rings. The number of aliphatic hydroxyl groups is 1. The fourth-order valence-electron chi connectivity index (χ4n) is 1.91. The van der Waals surface area contributed by atoms with Gasteiger partial charge in [0.15, 0.2) is 0 Å². The number of ether oxygens (including phenoxy) is 1. The van der Waals surface area contributed by atoms with Crippen LogP contribution in [0, 0.1) is 12.7 Å². The van der Waals surface area contributed by atoms with Crippen molar-refractivity contribution in [2.45, 2.75) is 13.0 Å². The smallest absolute Gasteiger partial charge is 0.123 e. The number of hydrogen-bond donors (Lipinski definition) is 1. The van der Waals surface area contributed by atoms with Crippen molar-refractivity contribution < 1.29 is 14.2 Å². The normalized spacial score (nSPS) is 12.2. The molecule has 0 heterocycles. The van der Waals surface area contributed by atoms with Crippen LogP contribution < -0.4 is 4.74 Å². The molecular formula is C15H15FO2. The molecule has 2 nitrogen and oxygen atoms in total. The molecule has 1 unspecified atom stereocenters. The van der Waals surface area contributed by atoms with Crippen LogP contribution in [0.1, 0.15) is 22.8 Å². The average molecular weight is 246 g/mol. The molecule has 0 saturated heterocycles. The summed E-state index contributed by atoms with van der Waals surface area (Å²) in [6.07, 6.45) is -0.753. The minimum absolute atomic E-state index is 0.308. The SMILES string of the molecule is COc1ccc(C(O)c2ccc(F)cc2)c(C)c1. The monoisotopic (exact) mass is 246 g/mol. The van der Waals surface area contributed by atoms with E-state index < -0.39 is 6.10 Å². The zero-order valence-corrected chi connectivity index (χ0v) is 10.4. The molecule has 0 bridgehead atoms. The first kappa shape index (κ1) is 12.6. The Morgan fingerprint density at radius 2 is 1.78 bits per heavy atom. The predicted molar refractivity (Wildman–Crippen MR) is 68.2 cm³/mol. The molecule has 18 heavy (non-hydrogen) atoms. The van der Waals surface area contributed by atoms with Crippen molar-refractivity contribution >= 4 is 0 Å². The zero-order chi connectivity index (χ0) is 13.1. The fraction of sp³-hybridized carbons (Fsp3) is 0.200. The molecule has 1 N–H and O–H groups in total. The van der Waals surface area contributed by atoms with Crippen LogP contribution in [-0.2, 0) is 0 Å². The van der Waals surface area contributed by atoms with Crippen molar-refractivity contribution in [3.63, 3.8) is 0 Å². The summed E-state index contributed by atoms with van der Waals surface area (Å²) in [4.78, 5) is 0. The van der Waals surface area contributed by atoms with E-state index in [-0.39, 0.29) is 5.82 Å². The van der Waals surface area contributed by atoms with Crippen LogP contribution >= 0.6 is 0 Å². The predicted octanol–water partition coefficient (Wildman–Crippen LogP) is 3.22. The van der Waals surface area contributed by atoms with E-state index in [0.717, 1.165) is 16.9 Å². The van der Waals surface area contributed by atoms with Crippen LogP contribution in [0.25, 0.3) is 0 Å². The van der Waals surface area contributed by atoms with E-state index in [4.69, 9.17) is 4.74 Å². The molecule has 2 rings (SSSR count). The average Bonchev–Trinajstić information content (AvgIpc) is 2.38. The summed E-state index contributed by atoms with van der Waals surface area (Å²) in [5, 5.41) is 10.3. The van der Waals surface area contributed by atoms with Crippen LogP contribution in [0.2, 0.25) is 0 Å². The number of aliphatic hydroxyl groups excluding tert-OH is 1. The first-order chi connectivity index (χ1) is 8.61. The van der Waals surface area contributed by atoms with Gasteiger partial charge in [0, 0.05) is 0 Å². The summed E-state index contributed by atoms with van der Waals surface area (Å²) in [7, 11) is 1.60. The van der Waals surface area contributed by atoms with Crippen LogP contribution in [0.4, 0.5) is 4.39 Å². The van der Waals surface area contributed by atoms with Gasteiger partial charge in [-0.3, -0.25) is 0 Å². The van der Waals surface area contributed by atoms with E-state index in [1.165, 1.54) is 12.1 Å². The van der Waals surface area contributed by atoms with Gasteiger partial charge in [0.1, 0.15) is 17.7 Å². The van der Waals surface area contributed by atoms with Crippen LogP contribution in [0.5, 0.6) is 5.75 Å². The zero-order valence-electron chi connectivity index (χ0n) is 10.4. The van der Waals surface area contributed by atoms with E-state index in [9.17, 15) is 9.50 Å². The lowest BCUT2D eigenvalue weighted by atomic mass is 9.97. The highest BCUT2D eigenvalue weighted by atomic mass is 19.1. The lowest BCUT2D eigenvalue weighted by Crippen LogP contribution is -2.02. The maximum absolute atomic E-state index is 12.8. The maximum atomic E-state index is 12.8. The molecule has 94 valence electrons. The third-order valence-corrected chi connectivity index (χ3v) is 2.96. The minimum atomic E-state index is -0.753. The van der Waals surface area contributed by atoms with Gasteiger partial charge in [-0.15, -0.1) is 0 Å². The van der Waals surface area contributed by atoms with Gasteiger partial charge in [0.25, 0.3) is 0 Å². The minimum Gasteiger partial charge on any atom is -0.497 e. The number of aryl methyl sites for hydroxylation is 1. The lowest BCUT2D eigenvalue weighted by molar-refractivity contribution is 0.219. The fourth-order valence-corrected chi connectivity index (χ4v) is 1.91. The Labute approximate surface area is 106 Å². The van der Waals surface area contributed by atoms with Crippen molar-refractivity contribution in [3.8, 4) is 5.75 Å². The molecular weight excluding hydrogens is 231 g/mol. The van der Waals surface area contributed by atoms with Crippen molar-refractivity contribution in [1.29, 1.82) is 0 Å². The lowest BCUT2D eigenvalue weighted by Gasteiger charge is -2.15. The molecule has 3 heteroatoms. The third-order valence-electron chi connectivity index (χ3n) is 2.96. The Morgan fingerprint density at radius 1 is 1.11 bits per heavy atom. The molecule has 2 aromatic rings. The molecule has 0 aliphatic carbocycles. The van der Waals surface area contributed by atoms with Crippen LogP contribution in [-0.4, -0.2) is 12.2 Å². The van der Waals surface area contributed by atoms with Crippen LogP contribution in [0.3, 0.4) is 0 Å². The molecule has 2 aromatic carbocycles. The van der Waals surface area contributed by atoms with E-state index in [2.05, 4.69) is 0 Å². The van der Waals surface area contributed by atoms with Crippen molar-refractivity contribution in [2.24, 2.45) is 0 Å². The van der Waals surface area contributed by atoms with Gasteiger partial charge >= 0.3 is 0 Å². The van der Waals surface area contributed by atoms with E-state index in [1.807, 2.05) is 19.1 Å². The van der Waals surface area contributed by atoms with Gasteiger partial charge in [0.2, 0.25) is 0 Å². The van der Waals surface area contributed by atoms with Gasteiger partial charge in [-0.05, 0) is 47.9 Å². The van der Waals surface area contributed by atoms with Gasteiger partial charge in [-0.25, -0.2) is 4.39 Å². The maximum Gasteiger partial charge on any atom is 0.123 e. The Hall–Kier alpha value is -1.87. The number of hydrogen-bond acceptors (Lipinski definition) is 2. The Kier molecular flexibility index (Phi) is 3.63. The topological polar surface area (TPSA) is 29.5 Å². The Balaban J connectivity index is 2.33. The van der Waals surface area contributed by atoms with Gasteiger partial charge in [-0.1, -0.05) is 18.2 Å². The second-order valence-corrected chi connectivity index (χ2v) is 4.18. The highest BCUT2D eigenvalue weighted by Crippen LogP contribution is 2.27. The highest BCUT2D eigenvalue weighted by molar-refractivity contribution is 5.40. The molecule has 0 radical (unpaired) electrons. The molecule has 0 saturated carbocycles. The van der Waals surface area contributed by atoms with Crippen LogP contribution in [0.15, 0.2) is 42.5 Å². The van der Waals surface area contributed by atoms with Crippen molar-refractivity contribution in [3.05, 3.63) is 65.0 Å². The molecule has 0 spiro atoms. The molecule has 0 fully saturated rings. The summed E-state index contributed by atoms with van der Waals surface area (Å²) < 4.78 is 18.0. The first-order valence-corrected chi connectivity index (χ1v) is 5.70. The Bertz CT molecular complexity index is 535. The van der Waals surface area contributed by atoms with E-state index >= 15 is 0 Å². The van der Waals surface area contributed by atoms with Gasteiger partial charge in [0.05, 0.1) is 7.11 Å². The number of halogens is 1. The van der Waals surface area contributed by atoms with Gasteiger partial charge in [-0.2, -0.15) is 0 Å².